The molecule has 1 aliphatic rings. The quantitative estimate of drug-likeness (QED) is 0.547. The summed E-state index contributed by atoms with van der Waals surface area (Å²) in [5, 5.41) is 4.08. The second-order valence-corrected chi connectivity index (χ2v) is 8.31. The molecule has 0 unspecified atom stereocenters. The number of nitrogens with zero attached hydrogens (tertiary/aromatic N) is 2. The molecule has 3 aromatic rings. The van der Waals surface area contributed by atoms with E-state index < -0.39 is 5.97 Å². The highest BCUT2D eigenvalue weighted by Crippen LogP contribution is 2.29. The Labute approximate surface area is 192 Å². The first-order valence-corrected chi connectivity index (χ1v) is 11.2. The van der Waals surface area contributed by atoms with Crippen molar-refractivity contribution < 1.29 is 14.3 Å². The van der Waals surface area contributed by atoms with Gasteiger partial charge in [0, 0.05) is 47.7 Å². The summed E-state index contributed by atoms with van der Waals surface area (Å²) in [6.45, 7) is 4.61. The van der Waals surface area contributed by atoms with Crippen molar-refractivity contribution in [2.24, 2.45) is 0 Å². The van der Waals surface area contributed by atoms with E-state index >= 15 is 0 Å². The number of pyridine rings is 1. The van der Waals surface area contributed by atoms with Crippen molar-refractivity contribution in [2.45, 2.75) is 32.9 Å². The van der Waals surface area contributed by atoms with Gasteiger partial charge in [-0.1, -0.05) is 54.9 Å². The Balaban J connectivity index is 1.51. The average Bonchev–Trinajstić information content (AvgIpc) is 2.80. The lowest BCUT2D eigenvalue weighted by atomic mass is 9.95. The van der Waals surface area contributed by atoms with Crippen LogP contribution in [0.5, 0.6) is 0 Å². The number of halogens is 1. The first-order chi connectivity index (χ1) is 15.6. The normalized spacial score (nSPS) is 13.6. The Morgan fingerprint density at radius 2 is 1.94 bits per heavy atom. The molecular weight excluding hydrogens is 426 g/mol. The van der Waals surface area contributed by atoms with Crippen LogP contribution in [0.15, 0.2) is 48.5 Å². The minimum absolute atomic E-state index is 0.273. The van der Waals surface area contributed by atoms with Crippen molar-refractivity contribution in [3.8, 4) is 0 Å². The lowest BCUT2D eigenvalue weighted by Crippen LogP contribution is -2.34. The summed E-state index contributed by atoms with van der Waals surface area (Å²) in [4.78, 5) is 32.6. The van der Waals surface area contributed by atoms with Crippen LogP contribution < -0.4 is 5.32 Å². The van der Waals surface area contributed by atoms with Gasteiger partial charge in [0.15, 0.2) is 6.61 Å². The fraction of sp³-hybridized carbons (Fsp3) is 0.320. The van der Waals surface area contributed by atoms with E-state index in [1.807, 2.05) is 42.5 Å². The molecule has 0 saturated carbocycles. The van der Waals surface area contributed by atoms with Gasteiger partial charge in [-0.15, -0.1) is 0 Å². The lowest BCUT2D eigenvalue weighted by Gasteiger charge is -2.29. The van der Waals surface area contributed by atoms with Gasteiger partial charge in [-0.3, -0.25) is 14.7 Å². The predicted octanol–water partition coefficient (Wildman–Crippen LogP) is 4.13. The monoisotopic (exact) mass is 451 g/mol. The molecule has 32 heavy (non-hydrogen) atoms. The second-order valence-electron chi connectivity index (χ2n) is 7.90. The summed E-state index contributed by atoms with van der Waals surface area (Å²) in [6.07, 6.45) is 1.83. The van der Waals surface area contributed by atoms with Crippen LogP contribution in [0.25, 0.3) is 10.9 Å². The molecule has 2 aromatic carbocycles. The van der Waals surface area contributed by atoms with E-state index in [4.69, 9.17) is 21.3 Å². The number of ether oxygens (including phenoxy) is 1. The van der Waals surface area contributed by atoms with Gasteiger partial charge >= 0.3 is 5.97 Å². The Bertz CT molecular complexity index is 1150. The average molecular weight is 452 g/mol. The largest absolute Gasteiger partial charge is 0.452 e. The van der Waals surface area contributed by atoms with E-state index in [0.717, 1.165) is 53.7 Å². The number of rotatable bonds is 7. The summed E-state index contributed by atoms with van der Waals surface area (Å²) in [5.74, 6) is -0.871. The highest BCUT2D eigenvalue weighted by Gasteiger charge is 2.26. The van der Waals surface area contributed by atoms with Crippen LogP contribution in [-0.4, -0.2) is 41.5 Å². The fourth-order valence-electron chi connectivity index (χ4n) is 4.08. The second kappa shape index (κ2) is 10.1. The van der Waals surface area contributed by atoms with Crippen molar-refractivity contribution in [2.75, 3.05) is 19.7 Å². The third kappa shape index (κ3) is 4.92. The first-order valence-electron chi connectivity index (χ1n) is 10.9. The number of hydrogen-bond donors (Lipinski definition) is 1. The van der Waals surface area contributed by atoms with Gasteiger partial charge in [-0.2, -0.15) is 0 Å². The molecule has 2 heterocycles. The smallest absolute Gasteiger partial charge is 0.339 e. The maximum absolute atomic E-state index is 13.2. The Hall–Kier alpha value is -2.96. The number of fused-ring (bicyclic) bond motifs is 2. The zero-order valence-corrected chi connectivity index (χ0v) is 18.8. The third-order valence-electron chi connectivity index (χ3n) is 5.64. The van der Waals surface area contributed by atoms with E-state index in [9.17, 15) is 9.59 Å². The van der Waals surface area contributed by atoms with Gasteiger partial charge in [0.25, 0.3) is 5.91 Å². The molecule has 0 atom stereocenters. The zero-order valence-electron chi connectivity index (χ0n) is 18.1. The maximum Gasteiger partial charge on any atom is 0.339 e. The molecule has 4 rings (SSSR count). The van der Waals surface area contributed by atoms with Gasteiger partial charge in [0.2, 0.25) is 0 Å². The zero-order chi connectivity index (χ0) is 22.5. The molecule has 166 valence electrons. The molecule has 1 amide bonds. The number of benzene rings is 2. The Morgan fingerprint density at radius 3 is 2.75 bits per heavy atom. The number of carbonyl (C=O) groups excluding carboxylic acids is 2. The maximum atomic E-state index is 13.2. The molecular formula is C25H26ClN3O3. The standard InChI is InChI=1S/C25H26ClN3O3/c1-2-12-29-13-11-22-19(15-29)24(18-8-4-6-10-21(18)28-22)25(31)32-16-23(30)27-14-17-7-3-5-9-20(17)26/h3-10H,2,11-16H2,1H3,(H,27,30). The Kier molecular flexibility index (Phi) is 7.02. The van der Waals surface area contributed by atoms with Crippen molar-refractivity contribution in [1.29, 1.82) is 0 Å². The molecule has 0 aliphatic carbocycles. The number of para-hydroxylation sites is 1. The fourth-order valence-corrected chi connectivity index (χ4v) is 4.28. The van der Waals surface area contributed by atoms with Gasteiger partial charge in [-0.05, 0) is 30.7 Å². The molecule has 1 aliphatic heterocycles. The van der Waals surface area contributed by atoms with Crippen LogP contribution in [0.4, 0.5) is 0 Å². The van der Waals surface area contributed by atoms with E-state index in [-0.39, 0.29) is 19.1 Å². The number of esters is 1. The molecule has 7 heteroatoms. The highest BCUT2D eigenvalue weighted by atomic mass is 35.5. The van der Waals surface area contributed by atoms with Gasteiger partial charge in [-0.25, -0.2) is 4.79 Å². The molecule has 0 radical (unpaired) electrons. The summed E-state index contributed by atoms with van der Waals surface area (Å²) < 4.78 is 5.45. The number of aromatic nitrogens is 1. The van der Waals surface area contributed by atoms with E-state index in [2.05, 4.69) is 17.1 Å². The summed E-state index contributed by atoms with van der Waals surface area (Å²) in [6, 6.07) is 14.9. The highest BCUT2D eigenvalue weighted by molar-refractivity contribution is 6.31. The Morgan fingerprint density at radius 1 is 1.16 bits per heavy atom. The van der Waals surface area contributed by atoms with Crippen LogP contribution in [0.1, 0.15) is 40.5 Å². The summed E-state index contributed by atoms with van der Waals surface area (Å²) in [7, 11) is 0. The minimum Gasteiger partial charge on any atom is -0.452 e. The molecule has 1 N–H and O–H groups in total. The van der Waals surface area contributed by atoms with Gasteiger partial charge < -0.3 is 10.1 Å². The third-order valence-corrected chi connectivity index (χ3v) is 6.01. The van der Waals surface area contributed by atoms with Crippen LogP contribution in [-0.2, 0) is 29.0 Å². The van der Waals surface area contributed by atoms with Gasteiger partial charge in [0.05, 0.1) is 11.1 Å². The predicted molar refractivity (Wildman–Crippen MR) is 125 cm³/mol. The number of carbonyl (C=O) groups is 2. The molecule has 6 nitrogen and oxygen atoms in total. The summed E-state index contributed by atoms with van der Waals surface area (Å²) >= 11 is 6.13. The van der Waals surface area contributed by atoms with Crippen molar-refractivity contribution >= 4 is 34.4 Å². The molecule has 0 spiro atoms. The number of amides is 1. The minimum atomic E-state index is -0.494. The lowest BCUT2D eigenvalue weighted by molar-refractivity contribution is -0.124. The molecule has 0 saturated heterocycles. The summed E-state index contributed by atoms with van der Waals surface area (Å²) in [5.41, 5.74) is 3.94. The molecule has 1 aromatic heterocycles. The van der Waals surface area contributed by atoms with Crippen molar-refractivity contribution in [1.82, 2.24) is 15.2 Å². The van der Waals surface area contributed by atoms with Crippen molar-refractivity contribution in [3.05, 3.63) is 75.9 Å². The topological polar surface area (TPSA) is 71.5 Å². The molecule has 0 bridgehead atoms. The SMILES string of the molecule is CCCN1CCc2nc3ccccc3c(C(=O)OCC(=O)NCc3ccccc3Cl)c2C1. The first kappa shape index (κ1) is 22.2. The van der Waals surface area contributed by atoms with Crippen LogP contribution in [0, 0.1) is 0 Å². The van der Waals surface area contributed by atoms with Crippen LogP contribution in [0.3, 0.4) is 0 Å². The molecule has 0 fully saturated rings. The van der Waals surface area contributed by atoms with Crippen molar-refractivity contribution in [3.63, 3.8) is 0 Å². The van der Waals surface area contributed by atoms with E-state index in [0.29, 0.717) is 17.1 Å². The van der Waals surface area contributed by atoms with Gasteiger partial charge in [0.1, 0.15) is 0 Å². The van der Waals surface area contributed by atoms with Crippen LogP contribution in [0.2, 0.25) is 5.02 Å². The van der Waals surface area contributed by atoms with E-state index in [1.165, 1.54) is 0 Å². The van der Waals surface area contributed by atoms with Crippen LogP contribution >= 0.6 is 11.6 Å². The number of nitrogens with one attached hydrogen (secondary N) is 1. The number of hydrogen-bond acceptors (Lipinski definition) is 5. The van der Waals surface area contributed by atoms with E-state index in [1.54, 1.807) is 6.07 Å².